The fourth-order valence-electron chi connectivity index (χ4n) is 6.00. The highest BCUT2D eigenvalue weighted by molar-refractivity contribution is 6.38. The Morgan fingerprint density at radius 2 is 1.70 bits per heavy atom. The van der Waals surface area contributed by atoms with Gasteiger partial charge in [0.1, 0.15) is 0 Å². The van der Waals surface area contributed by atoms with Crippen LogP contribution in [0.3, 0.4) is 0 Å². The highest BCUT2D eigenvalue weighted by Gasteiger charge is 2.44. The van der Waals surface area contributed by atoms with Crippen molar-refractivity contribution in [3.05, 3.63) is 23.8 Å². The molecule has 0 radical (unpaired) electrons. The fourth-order valence-corrected chi connectivity index (χ4v) is 6.00. The van der Waals surface area contributed by atoms with E-state index in [9.17, 15) is 32.8 Å². The van der Waals surface area contributed by atoms with Gasteiger partial charge in [-0.25, -0.2) is 0 Å². The Labute approximate surface area is 250 Å². The van der Waals surface area contributed by atoms with E-state index in [1.807, 2.05) is 0 Å². The first-order chi connectivity index (χ1) is 20.2. The molecule has 1 aliphatic carbocycles. The first-order valence-corrected chi connectivity index (χ1v) is 15.1. The molecule has 1 aromatic carbocycles. The summed E-state index contributed by atoms with van der Waals surface area (Å²) in [5.41, 5.74) is -0.619. The van der Waals surface area contributed by atoms with Gasteiger partial charge in [-0.15, -0.1) is 8.78 Å². The molecule has 3 atom stereocenters. The van der Waals surface area contributed by atoms with Crippen molar-refractivity contribution >= 4 is 29.3 Å². The Balaban J connectivity index is 1.54. The van der Waals surface area contributed by atoms with Crippen molar-refractivity contribution in [2.24, 2.45) is 17.8 Å². The number of ketones is 2. The van der Waals surface area contributed by atoms with Crippen molar-refractivity contribution in [3.63, 3.8) is 0 Å². The maximum absolute atomic E-state index is 13.8. The number of hydrogen-bond acceptors (Lipinski definition) is 7. The molecule has 43 heavy (non-hydrogen) atoms. The van der Waals surface area contributed by atoms with Crippen LogP contribution in [-0.4, -0.2) is 53.7 Å². The maximum Gasteiger partial charge on any atom is 0.586 e. The predicted molar refractivity (Wildman–Crippen MR) is 151 cm³/mol. The van der Waals surface area contributed by atoms with Gasteiger partial charge in [0.2, 0.25) is 17.6 Å². The number of piperidine rings is 1. The van der Waals surface area contributed by atoms with Gasteiger partial charge in [0.15, 0.2) is 17.3 Å². The molecular weight excluding hydrogens is 564 g/mol. The third-order valence-electron chi connectivity index (χ3n) is 8.13. The van der Waals surface area contributed by atoms with Crippen LogP contribution in [-0.2, 0) is 19.2 Å². The summed E-state index contributed by atoms with van der Waals surface area (Å²) in [5.74, 6) is -4.68. The zero-order valence-corrected chi connectivity index (χ0v) is 24.9. The van der Waals surface area contributed by atoms with Crippen LogP contribution in [0.4, 0.5) is 8.78 Å². The predicted octanol–water partition coefficient (Wildman–Crippen LogP) is 4.05. The van der Waals surface area contributed by atoms with Crippen LogP contribution in [0, 0.1) is 17.8 Å². The lowest BCUT2D eigenvalue weighted by molar-refractivity contribution is -0.286. The Hall–Kier alpha value is -3.57. The smallest absolute Gasteiger partial charge is 0.395 e. The van der Waals surface area contributed by atoms with Gasteiger partial charge in [-0.3, -0.25) is 24.0 Å². The van der Waals surface area contributed by atoms with E-state index in [2.05, 4.69) is 25.4 Å². The van der Waals surface area contributed by atoms with Gasteiger partial charge in [-0.1, -0.05) is 32.1 Å². The number of amides is 3. The van der Waals surface area contributed by atoms with Gasteiger partial charge < -0.3 is 25.4 Å². The molecule has 3 N–H and O–H groups in total. The number of hydrogen-bond donors (Lipinski definition) is 3. The van der Waals surface area contributed by atoms with Gasteiger partial charge in [-0.05, 0) is 70.6 Å². The summed E-state index contributed by atoms with van der Waals surface area (Å²) in [6.07, 6.45) is 2.40. The molecule has 12 heteroatoms. The topological polar surface area (TPSA) is 140 Å². The summed E-state index contributed by atoms with van der Waals surface area (Å²) in [4.78, 5) is 65.9. The van der Waals surface area contributed by atoms with E-state index in [1.165, 1.54) is 18.2 Å². The summed E-state index contributed by atoms with van der Waals surface area (Å²) in [7, 11) is 0. The number of benzene rings is 1. The summed E-state index contributed by atoms with van der Waals surface area (Å²) in [5, 5.41) is 8.12. The molecule has 3 aliphatic rings. The van der Waals surface area contributed by atoms with Crippen LogP contribution < -0.4 is 25.4 Å². The Morgan fingerprint density at radius 3 is 2.37 bits per heavy atom. The van der Waals surface area contributed by atoms with Gasteiger partial charge in [0, 0.05) is 35.9 Å². The lowest BCUT2D eigenvalue weighted by Gasteiger charge is -2.29. The van der Waals surface area contributed by atoms with Gasteiger partial charge in [-0.2, -0.15) is 0 Å². The molecule has 4 rings (SSSR count). The minimum absolute atomic E-state index is 0.0472. The van der Waals surface area contributed by atoms with Gasteiger partial charge in [0.05, 0.1) is 6.04 Å². The summed E-state index contributed by atoms with van der Waals surface area (Å²) in [6, 6.07) is 2.46. The second-order valence-corrected chi connectivity index (χ2v) is 12.9. The average molecular weight is 606 g/mol. The lowest BCUT2D eigenvalue weighted by atomic mass is 9.80. The summed E-state index contributed by atoms with van der Waals surface area (Å²) < 4.78 is 35.9. The number of halogens is 2. The molecule has 0 spiro atoms. The maximum atomic E-state index is 13.8. The first kappa shape index (κ1) is 32.3. The van der Waals surface area contributed by atoms with Crippen LogP contribution in [0.15, 0.2) is 18.2 Å². The number of carbonyl (C=O) groups excluding carboxylic acids is 5. The van der Waals surface area contributed by atoms with Crippen molar-refractivity contribution in [3.8, 4) is 11.5 Å². The Kier molecular flexibility index (Phi) is 10.1. The molecular formula is C31H41F2N3O7. The standard InChI is InChI=1S/C31H41F2N3O7/c1-30(2,3)36-29(41)26(38)22(15-20-10-7-13-34-27(20)39)35-28(40)21(14-18-8-5-4-6-9-18)16-23(37)19-11-12-24-25(17-19)43-31(32,33)42-24/h11-12,17-18,20-22H,4-10,13-16H2,1-3H3,(H,34,39)(H,35,40)(H,36,41)/t20-,21+,22-/m0/s1. The summed E-state index contributed by atoms with van der Waals surface area (Å²) >= 11 is 0. The van der Waals surface area contributed by atoms with Crippen LogP contribution in [0.1, 0.15) is 95.3 Å². The van der Waals surface area contributed by atoms with E-state index in [0.29, 0.717) is 25.8 Å². The number of fused-ring (bicyclic) bond motifs is 1. The van der Waals surface area contributed by atoms with E-state index in [-0.39, 0.29) is 41.7 Å². The normalized spacial score (nSPS) is 21.3. The fraction of sp³-hybridized carbons (Fsp3) is 0.645. The quantitative estimate of drug-likeness (QED) is 0.255. The van der Waals surface area contributed by atoms with Crippen molar-refractivity contribution in [2.45, 2.75) is 103 Å². The number of nitrogens with one attached hydrogen (secondary N) is 3. The van der Waals surface area contributed by atoms with Crippen LogP contribution in [0.25, 0.3) is 0 Å². The number of alkyl halides is 2. The van der Waals surface area contributed by atoms with Crippen LogP contribution >= 0.6 is 0 Å². The SMILES string of the molecule is CC(C)(C)NC(=O)C(=O)[C@H](C[C@@H]1CCCNC1=O)NC(=O)[C@@H](CC(=O)c1ccc2c(c1)OC(F)(F)O2)CC1CCCCC1. The van der Waals surface area contributed by atoms with E-state index in [1.54, 1.807) is 20.8 Å². The molecule has 2 fully saturated rings. The molecule has 3 amide bonds. The molecule has 2 heterocycles. The highest BCUT2D eigenvalue weighted by Crippen LogP contribution is 2.41. The second kappa shape index (κ2) is 13.4. The largest absolute Gasteiger partial charge is 0.586 e. The van der Waals surface area contributed by atoms with Crippen molar-refractivity contribution < 1.29 is 42.2 Å². The van der Waals surface area contributed by atoms with Crippen molar-refractivity contribution in [1.29, 1.82) is 0 Å². The third kappa shape index (κ3) is 8.96. The van der Waals surface area contributed by atoms with E-state index < -0.39 is 53.1 Å². The molecule has 1 saturated carbocycles. The minimum Gasteiger partial charge on any atom is -0.395 e. The molecule has 1 saturated heterocycles. The third-order valence-corrected chi connectivity index (χ3v) is 8.13. The van der Waals surface area contributed by atoms with Crippen molar-refractivity contribution in [2.75, 3.05) is 6.54 Å². The van der Waals surface area contributed by atoms with Crippen LogP contribution in [0.2, 0.25) is 0 Å². The number of carbonyl (C=O) groups is 5. The van der Waals surface area contributed by atoms with Gasteiger partial charge in [0.25, 0.3) is 5.91 Å². The number of rotatable bonds is 11. The summed E-state index contributed by atoms with van der Waals surface area (Å²) in [6.45, 7) is 5.70. The van der Waals surface area contributed by atoms with E-state index in [0.717, 1.165) is 32.1 Å². The molecule has 10 nitrogen and oxygen atoms in total. The zero-order valence-electron chi connectivity index (χ0n) is 24.9. The molecule has 236 valence electrons. The highest BCUT2D eigenvalue weighted by atomic mass is 19.3. The van der Waals surface area contributed by atoms with Gasteiger partial charge >= 0.3 is 6.29 Å². The average Bonchev–Trinajstić information content (AvgIpc) is 3.25. The second-order valence-electron chi connectivity index (χ2n) is 12.9. The first-order valence-electron chi connectivity index (χ1n) is 15.1. The zero-order chi connectivity index (χ0) is 31.4. The minimum atomic E-state index is -3.83. The monoisotopic (exact) mass is 605 g/mol. The Morgan fingerprint density at radius 1 is 1.00 bits per heavy atom. The van der Waals surface area contributed by atoms with E-state index in [4.69, 9.17) is 0 Å². The molecule has 0 bridgehead atoms. The number of ether oxygens (including phenoxy) is 2. The van der Waals surface area contributed by atoms with Crippen LogP contribution in [0.5, 0.6) is 11.5 Å². The Bertz CT molecular complexity index is 1240. The molecule has 0 aromatic heterocycles. The lowest BCUT2D eigenvalue weighted by Crippen LogP contribution is -2.54. The molecule has 1 aromatic rings. The van der Waals surface area contributed by atoms with E-state index >= 15 is 0 Å². The van der Waals surface area contributed by atoms with Crippen molar-refractivity contribution in [1.82, 2.24) is 16.0 Å². The molecule has 2 aliphatic heterocycles. The molecule has 0 unspecified atom stereocenters. The number of Topliss-reactive ketones (excluding diaryl/α,β-unsaturated/α-hetero) is 2.